The summed E-state index contributed by atoms with van der Waals surface area (Å²) in [4.78, 5) is 15.3. The summed E-state index contributed by atoms with van der Waals surface area (Å²) in [6, 6.07) is 0. The van der Waals surface area contributed by atoms with Crippen molar-refractivity contribution in [1.29, 1.82) is 0 Å². The smallest absolute Gasteiger partial charge is 0.246 e. The third kappa shape index (κ3) is 3.19. The number of likely N-dealkylation sites (N-methyl/N-ethyl adjacent to an activating group) is 1. The first-order chi connectivity index (χ1) is 6.24. The third-order valence-electron chi connectivity index (χ3n) is 2.42. The summed E-state index contributed by atoms with van der Waals surface area (Å²) in [6.07, 6.45) is 4.92. The van der Waals surface area contributed by atoms with Crippen molar-refractivity contribution in [3.63, 3.8) is 0 Å². The number of hydrogen-bond acceptors (Lipinski definition) is 2. The SMILES string of the molecule is CCN(C)C(=O)/C=C/CN1CCC1. The molecule has 0 radical (unpaired) electrons. The van der Waals surface area contributed by atoms with E-state index >= 15 is 0 Å². The van der Waals surface area contributed by atoms with Crippen LogP contribution < -0.4 is 0 Å². The van der Waals surface area contributed by atoms with Gasteiger partial charge in [-0.15, -0.1) is 0 Å². The molecular weight excluding hydrogens is 164 g/mol. The zero-order valence-electron chi connectivity index (χ0n) is 8.49. The summed E-state index contributed by atoms with van der Waals surface area (Å²) < 4.78 is 0. The minimum atomic E-state index is 0.100. The van der Waals surface area contributed by atoms with Gasteiger partial charge in [-0.2, -0.15) is 0 Å². The van der Waals surface area contributed by atoms with E-state index < -0.39 is 0 Å². The van der Waals surface area contributed by atoms with E-state index in [0.717, 1.165) is 13.1 Å². The van der Waals surface area contributed by atoms with Gasteiger partial charge in [0.1, 0.15) is 0 Å². The summed E-state index contributed by atoms with van der Waals surface area (Å²) in [5.74, 6) is 0.100. The average Bonchev–Trinajstić information content (AvgIpc) is 2.07. The molecule has 0 spiro atoms. The van der Waals surface area contributed by atoms with Crippen LogP contribution in [0.5, 0.6) is 0 Å². The van der Waals surface area contributed by atoms with Gasteiger partial charge in [0.2, 0.25) is 5.91 Å². The number of amides is 1. The Balaban J connectivity index is 2.17. The monoisotopic (exact) mass is 182 g/mol. The summed E-state index contributed by atoms with van der Waals surface area (Å²) in [5, 5.41) is 0. The molecule has 1 aliphatic heterocycles. The number of carbonyl (C=O) groups excluding carboxylic acids is 1. The largest absolute Gasteiger partial charge is 0.343 e. The molecule has 0 saturated carbocycles. The van der Waals surface area contributed by atoms with Crippen LogP contribution >= 0.6 is 0 Å². The van der Waals surface area contributed by atoms with Crippen LogP contribution in [0, 0.1) is 0 Å². The van der Waals surface area contributed by atoms with Crippen molar-refractivity contribution >= 4 is 5.91 Å². The molecule has 0 bridgehead atoms. The van der Waals surface area contributed by atoms with Crippen molar-refractivity contribution in [2.45, 2.75) is 13.3 Å². The first kappa shape index (κ1) is 10.3. The molecule has 1 heterocycles. The normalized spacial score (nSPS) is 17.4. The molecule has 3 heteroatoms. The minimum Gasteiger partial charge on any atom is -0.343 e. The first-order valence-electron chi connectivity index (χ1n) is 4.88. The van der Waals surface area contributed by atoms with Gasteiger partial charge < -0.3 is 4.90 Å². The fourth-order valence-electron chi connectivity index (χ4n) is 1.15. The topological polar surface area (TPSA) is 23.6 Å². The predicted molar refractivity (Wildman–Crippen MR) is 53.5 cm³/mol. The summed E-state index contributed by atoms with van der Waals surface area (Å²) >= 11 is 0. The van der Waals surface area contributed by atoms with Gasteiger partial charge >= 0.3 is 0 Å². The van der Waals surface area contributed by atoms with Crippen LogP contribution in [-0.2, 0) is 4.79 Å². The molecule has 3 nitrogen and oxygen atoms in total. The number of rotatable bonds is 4. The van der Waals surface area contributed by atoms with Crippen molar-refractivity contribution in [2.75, 3.05) is 33.2 Å². The zero-order chi connectivity index (χ0) is 9.68. The van der Waals surface area contributed by atoms with E-state index in [0.29, 0.717) is 0 Å². The Morgan fingerprint density at radius 3 is 2.69 bits per heavy atom. The van der Waals surface area contributed by atoms with Gasteiger partial charge in [-0.1, -0.05) is 6.08 Å². The first-order valence-corrected chi connectivity index (χ1v) is 4.88. The molecule has 74 valence electrons. The van der Waals surface area contributed by atoms with E-state index in [2.05, 4.69) is 4.90 Å². The Bertz CT molecular complexity index is 197. The quantitative estimate of drug-likeness (QED) is 0.598. The van der Waals surface area contributed by atoms with Crippen LogP contribution in [-0.4, -0.2) is 48.9 Å². The molecule has 1 saturated heterocycles. The van der Waals surface area contributed by atoms with Crippen LogP contribution in [0.3, 0.4) is 0 Å². The highest BCUT2D eigenvalue weighted by Crippen LogP contribution is 2.04. The van der Waals surface area contributed by atoms with Gasteiger partial charge in [0.15, 0.2) is 0 Å². The molecule has 0 aliphatic carbocycles. The highest BCUT2D eigenvalue weighted by Gasteiger charge is 2.11. The highest BCUT2D eigenvalue weighted by molar-refractivity contribution is 5.87. The molecule has 1 fully saturated rings. The average molecular weight is 182 g/mol. The van der Waals surface area contributed by atoms with Gasteiger partial charge in [0.05, 0.1) is 0 Å². The third-order valence-corrected chi connectivity index (χ3v) is 2.42. The number of hydrogen-bond donors (Lipinski definition) is 0. The summed E-state index contributed by atoms with van der Waals surface area (Å²) in [7, 11) is 1.82. The van der Waals surface area contributed by atoms with Crippen molar-refractivity contribution in [1.82, 2.24) is 9.80 Å². The van der Waals surface area contributed by atoms with Crippen LogP contribution in [0.15, 0.2) is 12.2 Å². The summed E-state index contributed by atoms with van der Waals surface area (Å²) in [5.41, 5.74) is 0. The van der Waals surface area contributed by atoms with Gasteiger partial charge in [-0.3, -0.25) is 9.69 Å². The molecule has 1 amide bonds. The second-order valence-electron chi connectivity index (χ2n) is 3.41. The van der Waals surface area contributed by atoms with Gasteiger partial charge in [0, 0.05) is 26.2 Å². The van der Waals surface area contributed by atoms with Crippen molar-refractivity contribution in [3.8, 4) is 0 Å². The Morgan fingerprint density at radius 2 is 2.23 bits per heavy atom. The van der Waals surface area contributed by atoms with Gasteiger partial charge in [-0.25, -0.2) is 0 Å². The molecule has 1 rings (SSSR count). The second kappa shape index (κ2) is 5.02. The van der Waals surface area contributed by atoms with E-state index in [1.54, 1.807) is 11.0 Å². The van der Waals surface area contributed by atoms with Gasteiger partial charge in [0.25, 0.3) is 0 Å². The Labute approximate surface area is 80.0 Å². The molecule has 0 atom stereocenters. The Kier molecular flexibility index (Phi) is 3.96. The van der Waals surface area contributed by atoms with Crippen LogP contribution in [0.25, 0.3) is 0 Å². The zero-order valence-corrected chi connectivity index (χ0v) is 8.49. The van der Waals surface area contributed by atoms with Crippen molar-refractivity contribution in [3.05, 3.63) is 12.2 Å². The van der Waals surface area contributed by atoms with E-state index in [1.165, 1.54) is 19.5 Å². The standard InChI is InChI=1S/C10H18N2O/c1-3-11(2)10(13)6-4-7-12-8-5-9-12/h4,6H,3,5,7-9H2,1-2H3/b6-4+. The van der Waals surface area contributed by atoms with Crippen LogP contribution in [0.2, 0.25) is 0 Å². The van der Waals surface area contributed by atoms with E-state index in [-0.39, 0.29) is 5.91 Å². The van der Waals surface area contributed by atoms with E-state index in [4.69, 9.17) is 0 Å². The Morgan fingerprint density at radius 1 is 1.54 bits per heavy atom. The molecule has 0 N–H and O–H groups in total. The lowest BCUT2D eigenvalue weighted by Gasteiger charge is -2.29. The lowest BCUT2D eigenvalue weighted by molar-refractivity contribution is -0.124. The fraction of sp³-hybridized carbons (Fsp3) is 0.700. The maximum atomic E-state index is 11.3. The number of nitrogens with zero attached hydrogens (tertiary/aromatic N) is 2. The maximum Gasteiger partial charge on any atom is 0.246 e. The number of likely N-dealkylation sites (tertiary alicyclic amines) is 1. The molecule has 0 aromatic heterocycles. The molecule has 0 aromatic rings. The van der Waals surface area contributed by atoms with Crippen molar-refractivity contribution in [2.24, 2.45) is 0 Å². The van der Waals surface area contributed by atoms with Gasteiger partial charge in [-0.05, 0) is 26.4 Å². The molecule has 1 aliphatic rings. The fourth-order valence-corrected chi connectivity index (χ4v) is 1.15. The van der Waals surface area contributed by atoms with Crippen LogP contribution in [0.4, 0.5) is 0 Å². The molecular formula is C10H18N2O. The van der Waals surface area contributed by atoms with Crippen LogP contribution in [0.1, 0.15) is 13.3 Å². The molecule has 0 unspecified atom stereocenters. The molecule has 0 aromatic carbocycles. The highest BCUT2D eigenvalue weighted by atomic mass is 16.2. The van der Waals surface area contributed by atoms with Crippen molar-refractivity contribution < 1.29 is 4.79 Å². The maximum absolute atomic E-state index is 11.3. The predicted octanol–water partition coefficient (Wildman–Crippen LogP) is 0.727. The van der Waals surface area contributed by atoms with E-state index in [9.17, 15) is 4.79 Å². The van der Waals surface area contributed by atoms with E-state index in [1.807, 2.05) is 20.0 Å². The Hall–Kier alpha value is -0.830. The number of carbonyl (C=O) groups is 1. The lowest BCUT2D eigenvalue weighted by Crippen LogP contribution is -2.37. The lowest BCUT2D eigenvalue weighted by atomic mass is 10.2. The second-order valence-corrected chi connectivity index (χ2v) is 3.41. The molecule has 13 heavy (non-hydrogen) atoms. The minimum absolute atomic E-state index is 0.100. The summed E-state index contributed by atoms with van der Waals surface area (Å²) in [6.45, 7) is 6.03.